The lowest BCUT2D eigenvalue weighted by atomic mass is 10.1. The van der Waals surface area contributed by atoms with E-state index in [4.69, 9.17) is 13.9 Å². The van der Waals surface area contributed by atoms with Crippen molar-refractivity contribution in [2.75, 3.05) is 37.4 Å². The van der Waals surface area contributed by atoms with Gasteiger partial charge in [0.2, 0.25) is 0 Å². The quantitative estimate of drug-likeness (QED) is 0.201. The van der Waals surface area contributed by atoms with Gasteiger partial charge in [-0.1, -0.05) is 48.9 Å². The van der Waals surface area contributed by atoms with Gasteiger partial charge in [0, 0.05) is 30.5 Å². The molecule has 1 atom stereocenters. The monoisotopic (exact) mass is 569 g/mol. The molecule has 4 aromatic rings. The summed E-state index contributed by atoms with van der Waals surface area (Å²) in [6.07, 6.45) is 5.68. The van der Waals surface area contributed by atoms with Gasteiger partial charge in [0.15, 0.2) is 12.2 Å². The Bertz CT molecular complexity index is 1460. The Labute approximate surface area is 245 Å². The first-order valence-corrected chi connectivity index (χ1v) is 14.0. The number of likely N-dealkylation sites (tertiary alicyclic amines) is 1. The molecule has 0 bridgehead atoms. The van der Waals surface area contributed by atoms with Crippen LogP contribution in [0.4, 0.5) is 21.0 Å². The molecule has 42 heavy (non-hydrogen) atoms. The van der Waals surface area contributed by atoms with Crippen LogP contribution in [0.1, 0.15) is 36.5 Å². The molecule has 0 radical (unpaired) electrons. The van der Waals surface area contributed by atoms with Crippen molar-refractivity contribution in [2.24, 2.45) is 0 Å². The molecule has 0 spiro atoms. The number of methoxy groups -OCH3 is 1. The number of carbonyl (C=O) groups is 2. The SMILES string of the molecule is COc1cc(NC(=O)Nc2cccc(CNC(=O)O[C@H](CN3CCCCC3)c3ccccc3)c2)ccc1-c1cnco1. The second-order valence-corrected chi connectivity index (χ2v) is 10.1. The van der Waals surface area contributed by atoms with Gasteiger partial charge in [0.25, 0.3) is 0 Å². The Balaban J connectivity index is 1.15. The molecular formula is C32H35N5O5. The topological polar surface area (TPSA) is 118 Å². The third-order valence-corrected chi connectivity index (χ3v) is 7.07. The number of anilines is 2. The third-order valence-electron chi connectivity index (χ3n) is 7.07. The molecule has 0 aliphatic carbocycles. The first-order valence-electron chi connectivity index (χ1n) is 14.0. The molecule has 218 valence electrons. The van der Waals surface area contributed by atoms with Gasteiger partial charge >= 0.3 is 12.1 Å². The highest BCUT2D eigenvalue weighted by molar-refractivity contribution is 6.00. The van der Waals surface area contributed by atoms with Crippen LogP contribution in [-0.2, 0) is 11.3 Å². The number of carbonyl (C=O) groups excluding carboxylic acids is 2. The summed E-state index contributed by atoms with van der Waals surface area (Å²) >= 11 is 0. The minimum atomic E-state index is -0.486. The third kappa shape index (κ3) is 7.88. The zero-order chi connectivity index (χ0) is 29.1. The lowest BCUT2D eigenvalue weighted by Gasteiger charge is -2.30. The number of alkyl carbamates (subject to hydrolysis) is 1. The summed E-state index contributed by atoms with van der Waals surface area (Å²) in [7, 11) is 1.55. The summed E-state index contributed by atoms with van der Waals surface area (Å²) in [4.78, 5) is 31.8. The molecule has 1 saturated heterocycles. The highest BCUT2D eigenvalue weighted by Gasteiger charge is 2.21. The van der Waals surface area contributed by atoms with Crippen molar-refractivity contribution in [2.45, 2.75) is 31.9 Å². The summed E-state index contributed by atoms with van der Waals surface area (Å²) in [5.74, 6) is 1.10. The Kier molecular flexibility index (Phi) is 9.69. The van der Waals surface area contributed by atoms with E-state index in [1.165, 1.54) is 25.7 Å². The summed E-state index contributed by atoms with van der Waals surface area (Å²) in [5.41, 5.74) is 3.64. The highest BCUT2D eigenvalue weighted by atomic mass is 16.6. The number of nitrogens with one attached hydrogen (secondary N) is 3. The van der Waals surface area contributed by atoms with Gasteiger partial charge in [-0.3, -0.25) is 4.90 Å². The lowest BCUT2D eigenvalue weighted by Crippen LogP contribution is -2.36. The average molecular weight is 570 g/mol. The molecule has 10 heteroatoms. The fourth-order valence-corrected chi connectivity index (χ4v) is 4.97. The van der Waals surface area contributed by atoms with Gasteiger partial charge in [-0.15, -0.1) is 0 Å². The fraction of sp³-hybridized carbons (Fsp3) is 0.281. The first kappa shape index (κ1) is 28.7. The number of oxazole rings is 1. The van der Waals surface area contributed by atoms with Crippen LogP contribution < -0.4 is 20.7 Å². The number of ether oxygens (including phenoxy) is 2. The van der Waals surface area contributed by atoms with Crippen LogP contribution in [0.2, 0.25) is 0 Å². The molecule has 1 aromatic heterocycles. The maximum Gasteiger partial charge on any atom is 0.408 e. The van der Waals surface area contributed by atoms with Gasteiger partial charge in [0.05, 0.1) is 18.9 Å². The molecule has 1 aliphatic heterocycles. The minimum Gasteiger partial charge on any atom is -0.496 e. The Morgan fingerprint density at radius 1 is 0.952 bits per heavy atom. The van der Waals surface area contributed by atoms with Crippen molar-refractivity contribution in [1.29, 1.82) is 0 Å². The van der Waals surface area contributed by atoms with Crippen LogP contribution in [0.25, 0.3) is 11.3 Å². The van der Waals surface area contributed by atoms with Crippen LogP contribution in [0.3, 0.4) is 0 Å². The number of piperidine rings is 1. The molecule has 0 unspecified atom stereocenters. The molecule has 3 aromatic carbocycles. The number of urea groups is 1. The summed E-state index contributed by atoms with van der Waals surface area (Å²) in [5, 5.41) is 8.49. The predicted molar refractivity (Wildman–Crippen MR) is 160 cm³/mol. The number of hydrogen-bond donors (Lipinski definition) is 3. The maximum absolute atomic E-state index is 12.8. The number of aromatic nitrogens is 1. The highest BCUT2D eigenvalue weighted by Crippen LogP contribution is 2.32. The smallest absolute Gasteiger partial charge is 0.408 e. The van der Waals surface area contributed by atoms with E-state index < -0.39 is 12.1 Å². The van der Waals surface area contributed by atoms with E-state index in [0.29, 0.717) is 29.4 Å². The predicted octanol–water partition coefficient (Wildman–Crippen LogP) is 6.45. The van der Waals surface area contributed by atoms with Crippen molar-refractivity contribution < 1.29 is 23.5 Å². The number of nitrogens with zero attached hydrogens (tertiary/aromatic N) is 2. The maximum atomic E-state index is 12.8. The van der Waals surface area contributed by atoms with Crippen molar-refractivity contribution >= 4 is 23.5 Å². The molecule has 3 N–H and O–H groups in total. The van der Waals surface area contributed by atoms with E-state index in [1.54, 1.807) is 43.6 Å². The second kappa shape index (κ2) is 14.2. The van der Waals surface area contributed by atoms with Gasteiger partial charge in [-0.2, -0.15) is 0 Å². The molecule has 0 saturated carbocycles. The van der Waals surface area contributed by atoms with Gasteiger partial charge in [-0.05, 0) is 61.3 Å². The zero-order valence-electron chi connectivity index (χ0n) is 23.5. The number of amides is 3. The summed E-state index contributed by atoms with van der Waals surface area (Å²) in [6, 6.07) is 21.9. The summed E-state index contributed by atoms with van der Waals surface area (Å²) < 4.78 is 16.7. The number of hydrogen-bond acceptors (Lipinski definition) is 7. The fourth-order valence-electron chi connectivity index (χ4n) is 4.97. The normalized spacial score (nSPS) is 14.0. The Hall–Kier alpha value is -4.83. The van der Waals surface area contributed by atoms with Crippen LogP contribution >= 0.6 is 0 Å². The van der Waals surface area contributed by atoms with Crippen molar-refractivity contribution in [3.05, 3.63) is 96.5 Å². The lowest BCUT2D eigenvalue weighted by molar-refractivity contribution is 0.0636. The number of benzene rings is 3. The van der Waals surface area contributed by atoms with Crippen molar-refractivity contribution in [1.82, 2.24) is 15.2 Å². The molecule has 5 rings (SSSR count). The van der Waals surface area contributed by atoms with Crippen LogP contribution in [0.15, 0.2) is 89.8 Å². The van der Waals surface area contributed by atoms with Crippen LogP contribution in [0.5, 0.6) is 5.75 Å². The standard InChI is InChI=1S/C32H35N5O5/c1-40-28-18-26(13-14-27(28)29-20-33-22-41-29)36-31(38)35-25-12-8-9-23(17-25)19-34-32(39)42-30(24-10-4-2-5-11-24)21-37-15-6-3-7-16-37/h2,4-5,8-14,17-18,20,22,30H,3,6-7,15-16,19,21H2,1H3,(H,34,39)(H2,35,36,38)/t30-/m1/s1. The number of rotatable bonds is 10. The molecular weight excluding hydrogens is 534 g/mol. The molecule has 10 nitrogen and oxygen atoms in total. The van der Waals surface area contributed by atoms with Crippen molar-refractivity contribution in [3.8, 4) is 17.1 Å². The molecule has 1 aliphatic rings. The van der Waals surface area contributed by atoms with Crippen LogP contribution in [0, 0.1) is 0 Å². The minimum absolute atomic E-state index is 0.251. The first-order chi connectivity index (χ1) is 20.6. The largest absolute Gasteiger partial charge is 0.496 e. The average Bonchev–Trinajstić information content (AvgIpc) is 3.56. The van der Waals surface area contributed by atoms with E-state index in [9.17, 15) is 9.59 Å². The Morgan fingerprint density at radius 2 is 1.74 bits per heavy atom. The van der Waals surface area contributed by atoms with Gasteiger partial charge in [0.1, 0.15) is 11.9 Å². The van der Waals surface area contributed by atoms with E-state index in [1.807, 2.05) is 42.5 Å². The van der Waals surface area contributed by atoms with E-state index in [-0.39, 0.29) is 12.6 Å². The summed E-state index contributed by atoms with van der Waals surface area (Å²) in [6.45, 7) is 2.95. The van der Waals surface area contributed by atoms with Crippen molar-refractivity contribution in [3.63, 3.8) is 0 Å². The molecule has 3 amide bonds. The van der Waals surface area contributed by atoms with Gasteiger partial charge < -0.3 is 29.8 Å². The second-order valence-electron chi connectivity index (χ2n) is 10.1. The van der Waals surface area contributed by atoms with Crippen LogP contribution in [-0.4, -0.2) is 48.8 Å². The molecule has 2 heterocycles. The van der Waals surface area contributed by atoms with Gasteiger partial charge in [-0.25, -0.2) is 14.6 Å². The zero-order valence-corrected chi connectivity index (χ0v) is 23.5. The molecule has 1 fully saturated rings. The Morgan fingerprint density at radius 3 is 2.48 bits per heavy atom. The van der Waals surface area contributed by atoms with E-state index in [0.717, 1.165) is 29.8 Å². The van der Waals surface area contributed by atoms with E-state index >= 15 is 0 Å². The van der Waals surface area contributed by atoms with E-state index in [2.05, 4.69) is 25.8 Å².